The van der Waals surface area contributed by atoms with Gasteiger partial charge in [0.05, 0.1) is 5.02 Å². The first-order valence-electron chi connectivity index (χ1n) is 9.59. The average Bonchev–Trinajstić information content (AvgIpc) is 3.19. The zero-order valence-electron chi connectivity index (χ0n) is 17.2. The van der Waals surface area contributed by atoms with Crippen LogP contribution in [0.3, 0.4) is 0 Å². The van der Waals surface area contributed by atoms with Gasteiger partial charge in [-0.2, -0.15) is 0 Å². The Labute approximate surface area is 186 Å². The number of aryl methyl sites for hydroxylation is 2. The van der Waals surface area contributed by atoms with E-state index in [0.29, 0.717) is 5.75 Å². The number of anilines is 1. The molecule has 1 aliphatic carbocycles. The Kier molecular flexibility index (Phi) is 7.19. The van der Waals surface area contributed by atoms with Crippen molar-refractivity contribution in [3.63, 3.8) is 0 Å². The fraction of sp³-hybridized carbons (Fsp3) is 0.333. The zero-order chi connectivity index (χ0) is 22.6. The molecule has 0 aromatic heterocycles. The fourth-order valence-corrected chi connectivity index (χ4v) is 4.53. The summed E-state index contributed by atoms with van der Waals surface area (Å²) in [5.41, 5.74) is 2.74. The first-order chi connectivity index (χ1) is 14.7. The molecule has 10 heteroatoms. The standard InChI is InChI=1S/C21H23ClN2O6S/c1-24(2)31(27,28)19-11-16(7-9-18(19)22)23-20(25)12-30-21(26)13-29-17-8-6-14-4-3-5-15(14)10-17/h6-11H,3-5,12-13H2,1-2H3,(H,23,25). The monoisotopic (exact) mass is 466 g/mol. The molecule has 0 unspecified atom stereocenters. The van der Waals surface area contributed by atoms with Gasteiger partial charge in [-0.1, -0.05) is 17.7 Å². The molecule has 0 saturated heterocycles. The molecular weight excluding hydrogens is 444 g/mol. The average molecular weight is 467 g/mol. The lowest BCUT2D eigenvalue weighted by atomic mass is 10.1. The number of esters is 1. The molecule has 1 aliphatic rings. The highest BCUT2D eigenvalue weighted by molar-refractivity contribution is 7.89. The molecule has 0 heterocycles. The number of nitrogens with zero attached hydrogens (tertiary/aromatic N) is 1. The summed E-state index contributed by atoms with van der Waals surface area (Å²) >= 11 is 5.98. The highest BCUT2D eigenvalue weighted by Crippen LogP contribution is 2.27. The van der Waals surface area contributed by atoms with Gasteiger partial charge in [0.15, 0.2) is 13.2 Å². The molecule has 0 bridgehead atoms. The number of hydrogen-bond acceptors (Lipinski definition) is 6. The SMILES string of the molecule is CN(C)S(=O)(=O)c1cc(NC(=O)COC(=O)COc2ccc3c(c2)CCC3)ccc1Cl. The van der Waals surface area contributed by atoms with E-state index in [4.69, 9.17) is 21.1 Å². The van der Waals surface area contributed by atoms with Gasteiger partial charge < -0.3 is 14.8 Å². The molecule has 0 fully saturated rings. The van der Waals surface area contributed by atoms with Crippen molar-refractivity contribution in [3.8, 4) is 5.75 Å². The third-order valence-corrected chi connectivity index (χ3v) is 7.06. The first kappa shape index (κ1) is 23.1. The molecule has 0 saturated carbocycles. The Morgan fingerprint density at radius 1 is 1.06 bits per heavy atom. The molecule has 8 nitrogen and oxygen atoms in total. The Hall–Kier alpha value is -2.62. The summed E-state index contributed by atoms with van der Waals surface area (Å²) in [5.74, 6) is -0.734. The van der Waals surface area contributed by atoms with E-state index in [0.717, 1.165) is 23.6 Å². The van der Waals surface area contributed by atoms with Crippen molar-refractivity contribution in [3.05, 3.63) is 52.5 Å². The van der Waals surface area contributed by atoms with Crippen LogP contribution in [-0.2, 0) is 37.2 Å². The minimum absolute atomic E-state index is 0.0295. The van der Waals surface area contributed by atoms with Crippen LogP contribution in [-0.4, -0.2) is 51.9 Å². The minimum Gasteiger partial charge on any atom is -0.482 e. The summed E-state index contributed by atoms with van der Waals surface area (Å²) in [6, 6.07) is 9.78. The lowest BCUT2D eigenvalue weighted by Gasteiger charge is -2.14. The van der Waals surface area contributed by atoms with E-state index >= 15 is 0 Å². The molecule has 2 aromatic carbocycles. The van der Waals surface area contributed by atoms with Gasteiger partial charge in [-0.15, -0.1) is 0 Å². The van der Waals surface area contributed by atoms with Crippen LogP contribution in [0.4, 0.5) is 5.69 Å². The van der Waals surface area contributed by atoms with Crippen LogP contribution in [0.15, 0.2) is 41.3 Å². The van der Waals surface area contributed by atoms with Gasteiger partial charge in [0, 0.05) is 19.8 Å². The molecule has 0 aliphatic heterocycles. The lowest BCUT2D eigenvalue weighted by molar-refractivity contribution is -0.149. The Balaban J connectivity index is 1.50. The molecule has 0 radical (unpaired) electrons. The minimum atomic E-state index is -3.78. The van der Waals surface area contributed by atoms with Gasteiger partial charge in [0.25, 0.3) is 5.91 Å². The number of benzene rings is 2. The molecule has 1 amide bonds. The summed E-state index contributed by atoms with van der Waals surface area (Å²) in [4.78, 5) is 23.8. The molecule has 1 N–H and O–H groups in total. The third kappa shape index (κ3) is 5.75. The molecule has 166 valence electrons. The summed E-state index contributed by atoms with van der Waals surface area (Å²) in [5, 5.41) is 2.51. The van der Waals surface area contributed by atoms with Crippen LogP contribution in [0, 0.1) is 0 Å². The number of ether oxygens (including phenoxy) is 2. The highest BCUT2D eigenvalue weighted by Gasteiger charge is 2.21. The largest absolute Gasteiger partial charge is 0.482 e. The number of carbonyl (C=O) groups is 2. The normalized spacial score (nSPS) is 13.0. The van der Waals surface area contributed by atoms with Crippen LogP contribution >= 0.6 is 11.6 Å². The van der Waals surface area contributed by atoms with Crippen molar-refractivity contribution < 1.29 is 27.5 Å². The van der Waals surface area contributed by atoms with Crippen LogP contribution in [0.5, 0.6) is 5.75 Å². The van der Waals surface area contributed by atoms with Crippen LogP contribution < -0.4 is 10.1 Å². The van der Waals surface area contributed by atoms with Crippen molar-refractivity contribution in [2.24, 2.45) is 0 Å². The molecule has 3 rings (SSSR count). The molecule has 0 atom stereocenters. The smallest absolute Gasteiger partial charge is 0.344 e. The second kappa shape index (κ2) is 9.67. The number of carbonyl (C=O) groups excluding carboxylic acids is 2. The van der Waals surface area contributed by atoms with E-state index in [1.54, 1.807) is 0 Å². The van der Waals surface area contributed by atoms with E-state index in [9.17, 15) is 18.0 Å². The summed E-state index contributed by atoms with van der Waals surface area (Å²) in [6.45, 7) is -0.858. The van der Waals surface area contributed by atoms with Gasteiger partial charge >= 0.3 is 5.97 Å². The summed E-state index contributed by atoms with van der Waals surface area (Å²) in [6.07, 6.45) is 3.18. The maximum atomic E-state index is 12.3. The van der Waals surface area contributed by atoms with Crippen molar-refractivity contribution in [1.82, 2.24) is 4.31 Å². The van der Waals surface area contributed by atoms with Gasteiger partial charge in [-0.25, -0.2) is 17.5 Å². The predicted molar refractivity (Wildman–Crippen MR) is 116 cm³/mol. The van der Waals surface area contributed by atoms with Gasteiger partial charge in [0.1, 0.15) is 10.6 Å². The van der Waals surface area contributed by atoms with Gasteiger partial charge in [-0.05, 0) is 60.7 Å². The second-order valence-electron chi connectivity index (χ2n) is 7.21. The van der Waals surface area contributed by atoms with Crippen molar-refractivity contribution in [2.45, 2.75) is 24.2 Å². The second-order valence-corrected chi connectivity index (χ2v) is 9.74. The maximum Gasteiger partial charge on any atom is 0.344 e. The molecule has 2 aromatic rings. The summed E-state index contributed by atoms with van der Waals surface area (Å²) < 4.78 is 36.0. The van der Waals surface area contributed by atoms with E-state index in [-0.39, 0.29) is 22.2 Å². The van der Waals surface area contributed by atoms with Crippen molar-refractivity contribution in [1.29, 1.82) is 0 Å². The third-order valence-electron chi connectivity index (χ3n) is 4.76. The Morgan fingerprint density at radius 2 is 1.81 bits per heavy atom. The quantitative estimate of drug-likeness (QED) is 0.600. The van der Waals surface area contributed by atoms with Gasteiger partial charge in [0.2, 0.25) is 10.0 Å². The van der Waals surface area contributed by atoms with Crippen LogP contribution in [0.2, 0.25) is 5.02 Å². The first-order valence-corrected chi connectivity index (χ1v) is 11.4. The summed E-state index contributed by atoms with van der Waals surface area (Å²) in [7, 11) is -1.03. The van der Waals surface area contributed by atoms with Gasteiger partial charge in [-0.3, -0.25) is 4.79 Å². The molecule has 0 spiro atoms. The lowest BCUT2D eigenvalue weighted by Crippen LogP contribution is -2.24. The predicted octanol–water partition coefficient (Wildman–Crippen LogP) is 2.64. The topological polar surface area (TPSA) is 102 Å². The number of rotatable bonds is 8. The maximum absolute atomic E-state index is 12.3. The number of amides is 1. The number of fused-ring (bicyclic) bond motifs is 1. The van der Waals surface area contributed by atoms with E-state index in [1.165, 1.54) is 43.4 Å². The van der Waals surface area contributed by atoms with E-state index < -0.39 is 28.5 Å². The molecule has 31 heavy (non-hydrogen) atoms. The number of sulfonamides is 1. The number of hydrogen-bond donors (Lipinski definition) is 1. The zero-order valence-corrected chi connectivity index (χ0v) is 18.8. The Morgan fingerprint density at radius 3 is 2.55 bits per heavy atom. The highest BCUT2D eigenvalue weighted by atomic mass is 35.5. The van der Waals surface area contributed by atoms with E-state index in [1.807, 2.05) is 18.2 Å². The molecular formula is C21H23ClN2O6S. The Bertz CT molecular complexity index is 1100. The van der Waals surface area contributed by atoms with Crippen molar-refractivity contribution >= 4 is 39.2 Å². The number of nitrogens with one attached hydrogen (secondary N) is 1. The van der Waals surface area contributed by atoms with Crippen LogP contribution in [0.1, 0.15) is 17.5 Å². The van der Waals surface area contributed by atoms with E-state index in [2.05, 4.69) is 5.32 Å². The number of halogens is 1. The fourth-order valence-electron chi connectivity index (χ4n) is 3.14. The van der Waals surface area contributed by atoms with Crippen LogP contribution in [0.25, 0.3) is 0 Å². The van der Waals surface area contributed by atoms with Crippen molar-refractivity contribution in [2.75, 3.05) is 32.6 Å².